The Morgan fingerprint density at radius 2 is 2.15 bits per heavy atom. The zero-order valence-corrected chi connectivity index (χ0v) is 12.4. The predicted molar refractivity (Wildman–Crippen MR) is 86.2 cm³/mol. The van der Waals surface area contributed by atoms with Crippen molar-refractivity contribution in [1.82, 2.24) is 10.3 Å². The lowest BCUT2D eigenvalue weighted by Crippen LogP contribution is -2.22. The number of pyridine rings is 1. The van der Waals surface area contributed by atoms with E-state index in [1.54, 1.807) is 0 Å². The molecule has 0 aliphatic heterocycles. The second-order valence-corrected chi connectivity index (χ2v) is 5.88. The summed E-state index contributed by atoms with van der Waals surface area (Å²) in [6.07, 6.45) is 2.89. The molecule has 3 aromatic rings. The van der Waals surface area contributed by atoms with E-state index in [4.69, 9.17) is 0 Å². The van der Waals surface area contributed by atoms with Gasteiger partial charge in [-0.25, -0.2) is 0 Å². The van der Waals surface area contributed by atoms with Crippen molar-refractivity contribution < 1.29 is 0 Å². The highest BCUT2D eigenvalue weighted by atomic mass is 32.1. The van der Waals surface area contributed by atoms with Crippen LogP contribution in [-0.2, 0) is 6.42 Å². The van der Waals surface area contributed by atoms with E-state index in [1.165, 1.54) is 15.8 Å². The molecule has 2 aromatic heterocycles. The van der Waals surface area contributed by atoms with Crippen LogP contribution >= 0.6 is 11.3 Å². The van der Waals surface area contributed by atoms with Gasteiger partial charge in [-0.3, -0.25) is 4.98 Å². The van der Waals surface area contributed by atoms with E-state index in [0.29, 0.717) is 6.04 Å². The Kier molecular flexibility index (Phi) is 4.09. The SMILES string of the molecule is CCNC(Cc1cccs1)c1ccc2cccnc2c1. The Bertz CT molecular complexity index is 676. The number of hydrogen-bond acceptors (Lipinski definition) is 3. The van der Waals surface area contributed by atoms with Crippen molar-refractivity contribution in [1.29, 1.82) is 0 Å². The van der Waals surface area contributed by atoms with Crippen LogP contribution in [0.1, 0.15) is 23.4 Å². The van der Waals surface area contributed by atoms with Gasteiger partial charge in [0, 0.05) is 28.9 Å². The molecule has 0 aliphatic rings. The van der Waals surface area contributed by atoms with E-state index in [9.17, 15) is 0 Å². The lowest BCUT2D eigenvalue weighted by Gasteiger charge is -2.18. The number of nitrogens with one attached hydrogen (secondary N) is 1. The molecular formula is C17H18N2S. The monoisotopic (exact) mass is 282 g/mol. The average Bonchev–Trinajstić information content (AvgIpc) is 2.99. The highest BCUT2D eigenvalue weighted by Gasteiger charge is 2.12. The van der Waals surface area contributed by atoms with Crippen LogP contribution in [-0.4, -0.2) is 11.5 Å². The van der Waals surface area contributed by atoms with Crippen molar-refractivity contribution in [3.63, 3.8) is 0 Å². The maximum Gasteiger partial charge on any atom is 0.0705 e. The van der Waals surface area contributed by atoms with Gasteiger partial charge in [0.2, 0.25) is 0 Å². The van der Waals surface area contributed by atoms with Crippen LogP contribution in [0.15, 0.2) is 54.0 Å². The van der Waals surface area contributed by atoms with Crippen LogP contribution in [0, 0.1) is 0 Å². The minimum Gasteiger partial charge on any atom is -0.310 e. The second kappa shape index (κ2) is 6.16. The van der Waals surface area contributed by atoms with Gasteiger partial charge < -0.3 is 5.32 Å². The third-order valence-electron chi connectivity index (χ3n) is 3.47. The molecular weight excluding hydrogens is 264 g/mol. The van der Waals surface area contributed by atoms with Gasteiger partial charge in [-0.1, -0.05) is 31.2 Å². The Balaban J connectivity index is 1.91. The molecule has 0 radical (unpaired) electrons. The molecule has 0 aliphatic carbocycles. The number of benzene rings is 1. The maximum atomic E-state index is 4.46. The fraction of sp³-hybridized carbons (Fsp3) is 0.235. The zero-order valence-electron chi connectivity index (χ0n) is 11.5. The van der Waals surface area contributed by atoms with Gasteiger partial charge in [-0.15, -0.1) is 11.3 Å². The summed E-state index contributed by atoms with van der Waals surface area (Å²) in [5.41, 5.74) is 2.38. The molecule has 3 rings (SSSR count). The Labute approximate surface area is 123 Å². The number of hydrogen-bond donors (Lipinski definition) is 1. The van der Waals surface area contributed by atoms with Gasteiger partial charge in [-0.2, -0.15) is 0 Å². The first-order valence-corrected chi connectivity index (χ1v) is 7.85. The van der Waals surface area contributed by atoms with E-state index in [1.807, 2.05) is 23.6 Å². The standard InChI is InChI=1S/C17H18N2S/c1-2-18-17(12-15-6-4-10-20-15)14-8-7-13-5-3-9-19-16(13)11-14/h3-11,17-18H,2,12H2,1H3. The lowest BCUT2D eigenvalue weighted by atomic mass is 10.0. The molecule has 1 aromatic carbocycles. The van der Waals surface area contributed by atoms with Crippen molar-refractivity contribution in [3.8, 4) is 0 Å². The molecule has 3 heteroatoms. The molecule has 1 unspecified atom stereocenters. The molecule has 2 nitrogen and oxygen atoms in total. The summed E-state index contributed by atoms with van der Waals surface area (Å²) in [4.78, 5) is 5.87. The largest absolute Gasteiger partial charge is 0.310 e. The van der Waals surface area contributed by atoms with Crippen molar-refractivity contribution in [3.05, 3.63) is 64.5 Å². The van der Waals surface area contributed by atoms with Gasteiger partial charge in [0.25, 0.3) is 0 Å². The lowest BCUT2D eigenvalue weighted by molar-refractivity contribution is 0.554. The van der Waals surface area contributed by atoms with Crippen molar-refractivity contribution in [2.24, 2.45) is 0 Å². The first-order valence-electron chi connectivity index (χ1n) is 6.97. The molecule has 20 heavy (non-hydrogen) atoms. The molecule has 2 heterocycles. The summed E-state index contributed by atoms with van der Waals surface area (Å²) in [5, 5.41) is 6.92. The molecule has 0 amide bonds. The highest BCUT2D eigenvalue weighted by Crippen LogP contribution is 2.24. The Morgan fingerprint density at radius 3 is 2.95 bits per heavy atom. The maximum absolute atomic E-state index is 4.46. The summed E-state index contributed by atoms with van der Waals surface area (Å²) in [6, 6.07) is 15.3. The summed E-state index contributed by atoms with van der Waals surface area (Å²) < 4.78 is 0. The summed E-state index contributed by atoms with van der Waals surface area (Å²) >= 11 is 1.82. The van der Waals surface area contributed by atoms with Gasteiger partial charge >= 0.3 is 0 Å². The minimum atomic E-state index is 0.352. The van der Waals surface area contributed by atoms with E-state index >= 15 is 0 Å². The molecule has 0 bridgehead atoms. The number of likely N-dealkylation sites (N-methyl/N-ethyl adjacent to an activating group) is 1. The molecule has 1 atom stereocenters. The number of nitrogens with zero attached hydrogens (tertiary/aromatic N) is 1. The number of rotatable bonds is 5. The van der Waals surface area contributed by atoms with E-state index in [2.05, 4.69) is 59.0 Å². The number of fused-ring (bicyclic) bond motifs is 1. The molecule has 1 N–H and O–H groups in total. The molecule has 0 saturated heterocycles. The van der Waals surface area contributed by atoms with Gasteiger partial charge in [0.05, 0.1) is 5.52 Å². The van der Waals surface area contributed by atoms with Gasteiger partial charge in [0.15, 0.2) is 0 Å². The van der Waals surface area contributed by atoms with Crippen LogP contribution in [0.4, 0.5) is 0 Å². The Hall–Kier alpha value is -1.71. The van der Waals surface area contributed by atoms with Crippen LogP contribution < -0.4 is 5.32 Å². The van der Waals surface area contributed by atoms with Crippen LogP contribution in [0.3, 0.4) is 0 Å². The molecule has 102 valence electrons. The second-order valence-electron chi connectivity index (χ2n) is 4.85. The van der Waals surface area contributed by atoms with Crippen molar-refractivity contribution in [2.75, 3.05) is 6.54 Å². The zero-order chi connectivity index (χ0) is 13.8. The fourth-order valence-electron chi connectivity index (χ4n) is 2.48. The topological polar surface area (TPSA) is 24.9 Å². The van der Waals surface area contributed by atoms with E-state index in [0.717, 1.165) is 18.5 Å². The summed E-state index contributed by atoms with van der Waals surface area (Å²) in [5.74, 6) is 0. The third-order valence-corrected chi connectivity index (χ3v) is 4.37. The van der Waals surface area contributed by atoms with Gasteiger partial charge in [0.1, 0.15) is 0 Å². The van der Waals surface area contributed by atoms with Crippen LogP contribution in [0.5, 0.6) is 0 Å². The van der Waals surface area contributed by atoms with Gasteiger partial charge in [-0.05, 0) is 35.7 Å². The smallest absolute Gasteiger partial charge is 0.0705 e. The molecule has 0 saturated carbocycles. The van der Waals surface area contributed by atoms with E-state index in [-0.39, 0.29) is 0 Å². The van der Waals surface area contributed by atoms with Crippen molar-refractivity contribution in [2.45, 2.75) is 19.4 Å². The average molecular weight is 282 g/mol. The van der Waals surface area contributed by atoms with Crippen molar-refractivity contribution >= 4 is 22.2 Å². The van der Waals surface area contributed by atoms with Crippen LogP contribution in [0.2, 0.25) is 0 Å². The first-order chi connectivity index (χ1) is 9.86. The minimum absolute atomic E-state index is 0.352. The Morgan fingerprint density at radius 1 is 1.20 bits per heavy atom. The van der Waals surface area contributed by atoms with Crippen LogP contribution in [0.25, 0.3) is 10.9 Å². The summed E-state index contributed by atoms with van der Waals surface area (Å²) in [7, 11) is 0. The highest BCUT2D eigenvalue weighted by molar-refractivity contribution is 7.09. The molecule has 0 spiro atoms. The number of aromatic nitrogens is 1. The predicted octanol–water partition coefficient (Wildman–Crippen LogP) is 4.19. The first kappa shape index (κ1) is 13.3. The normalized spacial score (nSPS) is 12.7. The molecule has 0 fully saturated rings. The fourth-order valence-corrected chi connectivity index (χ4v) is 3.24. The summed E-state index contributed by atoms with van der Waals surface area (Å²) in [6.45, 7) is 3.12. The third kappa shape index (κ3) is 2.89. The quantitative estimate of drug-likeness (QED) is 0.759. The number of thiophene rings is 1. The van der Waals surface area contributed by atoms with E-state index < -0.39 is 0 Å².